The maximum Gasteiger partial charge on any atom is 0.325 e. The predicted molar refractivity (Wildman–Crippen MR) is 57.7 cm³/mol. The first-order chi connectivity index (χ1) is 6.50. The van der Waals surface area contributed by atoms with Crippen molar-refractivity contribution in [1.29, 1.82) is 0 Å². The summed E-state index contributed by atoms with van der Waals surface area (Å²) >= 11 is 8.97. The van der Waals surface area contributed by atoms with E-state index in [0.717, 1.165) is 4.47 Å². The van der Waals surface area contributed by atoms with Crippen molar-refractivity contribution in [3.63, 3.8) is 0 Å². The van der Waals surface area contributed by atoms with Crippen molar-refractivity contribution in [2.24, 2.45) is 0 Å². The summed E-state index contributed by atoms with van der Waals surface area (Å²) < 4.78 is 0.738. The first-order valence-electron chi connectivity index (χ1n) is 3.81. The molecule has 0 aromatic carbocycles. The molecule has 1 aromatic heterocycles. The third-order valence-electron chi connectivity index (χ3n) is 1.55. The Balaban J connectivity index is 2.85. The molecule has 14 heavy (non-hydrogen) atoms. The van der Waals surface area contributed by atoms with E-state index in [9.17, 15) is 4.79 Å². The molecule has 0 radical (unpaired) electrons. The number of anilines is 1. The molecule has 1 aromatic rings. The Morgan fingerprint density at radius 3 is 3.00 bits per heavy atom. The molecular weight excluding hydrogens is 271 g/mol. The highest BCUT2D eigenvalue weighted by Gasteiger charge is 2.12. The maximum absolute atomic E-state index is 10.6. The van der Waals surface area contributed by atoms with Crippen LogP contribution in [0.15, 0.2) is 16.7 Å². The van der Waals surface area contributed by atoms with E-state index in [0.29, 0.717) is 5.69 Å². The molecule has 0 aliphatic rings. The number of halogens is 2. The van der Waals surface area contributed by atoms with Crippen LogP contribution in [0.25, 0.3) is 0 Å². The monoisotopic (exact) mass is 278 g/mol. The van der Waals surface area contributed by atoms with Crippen LogP contribution in [0, 0.1) is 0 Å². The van der Waals surface area contributed by atoms with Gasteiger partial charge in [-0.15, -0.1) is 0 Å². The van der Waals surface area contributed by atoms with Crippen molar-refractivity contribution < 1.29 is 9.90 Å². The van der Waals surface area contributed by atoms with E-state index < -0.39 is 12.0 Å². The van der Waals surface area contributed by atoms with Gasteiger partial charge in [-0.3, -0.25) is 4.79 Å². The number of carboxylic acids is 1. The number of hydrogen-bond donors (Lipinski definition) is 2. The molecule has 6 heteroatoms. The van der Waals surface area contributed by atoms with Crippen LogP contribution in [0.2, 0.25) is 5.15 Å². The number of carbonyl (C=O) groups is 1. The van der Waals surface area contributed by atoms with Crippen LogP contribution in [-0.4, -0.2) is 22.1 Å². The summed E-state index contributed by atoms with van der Waals surface area (Å²) in [6.45, 7) is 1.53. The maximum atomic E-state index is 10.6. The molecule has 0 saturated heterocycles. The molecule has 0 bridgehead atoms. The minimum Gasteiger partial charge on any atom is -0.480 e. The van der Waals surface area contributed by atoms with Gasteiger partial charge in [0.25, 0.3) is 0 Å². The van der Waals surface area contributed by atoms with Crippen LogP contribution in [0.5, 0.6) is 0 Å². The number of pyridine rings is 1. The number of hydrogen-bond acceptors (Lipinski definition) is 3. The zero-order chi connectivity index (χ0) is 10.7. The number of nitrogens with one attached hydrogen (secondary N) is 1. The second-order valence-electron chi connectivity index (χ2n) is 2.70. The second kappa shape index (κ2) is 4.61. The Bertz CT molecular complexity index is 359. The van der Waals surface area contributed by atoms with Crippen LogP contribution < -0.4 is 5.32 Å². The lowest BCUT2D eigenvalue weighted by atomic mass is 10.3. The fourth-order valence-corrected chi connectivity index (χ4v) is 1.31. The number of rotatable bonds is 3. The summed E-state index contributed by atoms with van der Waals surface area (Å²) in [6.07, 6.45) is 1.54. The van der Waals surface area contributed by atoms with Crippen molar-refractivity contribution in [3.8, 4) is 0 Å². The molecule has 1 unspecified atom stereocenters. The van der Waals surface area contributed by atoms with Gasteiger partial charge in [0.15, 0.2) is 5.15 Å². The molecule has 0 fully saturated rings. The molecule has 0 aliphatic heterocycles. The molecule has 2 N–H and O–H groups in total. The van der Waals surface area contributed by atoms with Gasteiger partial charge in [-0.05, 0) is 28.9 Å². The van der Waals surface area contributed by atoms with Crippen molar-refractivity contribution in [1.82, 2.24) is 4.98 Å². The van der Waals surface area contributed by atoms with Gasteiger partial charge >= 0.3 is 5.97 Å². The van der Waals surface area contributed by atoms with Crippen molar-refractivity contribution in [2.75, 3.05) is 5.32 Å². The molecule has 0 saturated carbocycles. The zero-order valence-corrected chi connectivity index (χ0v) is 9.63. The number of aromatic nitrogens is 1. The number of carboxylic acid groups (broad SMARTS) is 1. The minimum atomic E-state index is -0.943. The quantitative estimate of drug-likeness (QED) is 0.834. The first-order valence-corrected chi connectivity index (χ1v) is 4.98. The van der Waals surface area contributed by atoms with Gasteiger partial charge in [0.2, 0.25) is 0 Å². The van der Waals surface area contributed by atoms with E-state index in [1.54, 1.807) is 12.3 Å². The summed E-state index contributed by atoms with van der Waals surface area (Å²) in [6, 6.07) is 0.970. The Morgan fingerprint density at radius 1 is 1.79 bits per heavy atom. The van der Waals surface area contributed by atoms with Crippen molar-refractivity contribution in [2.45, 2.75) is 13.0 Å². The Morgan fingerprint density at radius 2 is 2.43 bits per heavy atom. The molecule has 1 atom stereocenters. The van der Waals surface area contributed by atoms with Crippen LogP contribution in [0.4, 0.5) is 5.69 Å². The van der Waals surface area contributed by atoms with Crippen LogP contribution in [0.3, 0.4) is 0 Å². The van der Waals surface area contributed by atoms with E-state index in [-0.39, 0.29) is 5.15 Å². The zero-order valence-electron chi connectivity index (χ0n) is 7.29. The molecule has 1 rings (SSSR count). The summed E-state index contributed by atoms with van der Waals surface area (Å²) in [7, 11) is 0. The molecule has 76 valence electrons. The summed E-state index contributed by atoms with van der Waals surface area (Å²) in [4.78, 5) is 14.4. The lowest BCUT2D eigenvalue weighted by Crippen LogP contribution is -2.25. The second-order valence-corrected chi connectivity index (χ2v) is 3.97. The Hall–Kier alpha value is -0.810. The molecule has 4 nitrogen and oxygen atoms in total. The van der Waals surface area contributed by atoms with Gasteiger partial charge in [-0.2, -0.15) is 0 Å². The van der Waals surface area contributed by atoms with Crippen molar-refractivity contribution >= 4 is 39.2 Å². The SMILES string of the molecule is CC(Nc1cc(Br)cnc1Cl)C(=O)O. The standard InChI is InChI=1S/C8H8BrClN2O2/c1-4(8(13)14)12-6-2-5(9)3-11-7(6)10/h2-4,12H,1H3,(H,13,14). The summed E-state index contributed by atoms with van der Waals surface area (Å²) in [5, 5.41) is 11.6. The molecule has 0 spiro atoms. The van der Waals surface area contributed by atoms with E-state index in [1.165, 1.54) is 6.92 Å². The highest BCUT2D eigenvalue weighted by molar-refractivity contribution is 9.10. The van der Waals surface area contributed by atoms with Gasteiger partial charge in [0, 0.05) is 10.7 Å². The predicted octanol–water partition coefficient (Wildman–Crippen LogP) is 2.38. The van der Waals surface area contributed by atoms with E-state index in [2.05, 4.69) is 26.2 Å². The van der Waals surface area contributed by atoms with Gasteiger partial charge in [-0.1, -0.05) is 11.6 Å². The van der Waals surface area contributed by atoms with Gasteiger partial charge in [-0.25, -0.2) is 4.98 Å². The van der Waals surface area contributed by atoms with Crippen LogP contribution >= 0.6 is 27.5 Å². The van der Waals surface area contributed by atoms with E-state index in [1.807, 2.05) is 0 Å². The highest BCUT2D eigenvalue weighted by atomic mass is 79.9. The third kappa shape index (κ3) is 2.85. The molecular formula is C8H8BrClN2O2. The number of nitrogens with zero attached hydrogens (tertiary/aromatic N) is 1. The average Bonchev–Trinajstić information content (AvgIpc) is 2.11. The fraction of sp³-hybridized carbons (Fsp3) is 0.250. The largest absolute Gasteiger partial charge is 0.480 e. The van der Waals surface area contributed by atoms with Gasteiger partial charge in [0.05, 0.1) is 5.69 Å². The summed E-state index contributed by atoms with van der Waals surface area (Å²) in [5.41, 5.74) is 0.496. The van der Waals surface area contributed by atoms with Crippen LogP contribution in [-0.2, 0) is 4.79 Å². The van der Waals surface area contributed by atoms with E-state index in [4.69, 9.17) is 16.7 Å². The third-order valence-corrected chi connectivity index (χ3v) is 2.28. The van der Waals surface area contributed by atoms with Crippen molar-refractivity contribution in [3.05, 3.63) is 21.9 Å². The van der Waals surface area contributed by atoms with Gasteiger partial charge in [0.1, 0.15) is 6.04 Å². The fourth-order valence-electron chi connectivity index (χ4n) is 0.819. The Kier molecular flexibility index (Phi) is 3.71. The molecule has 0 amide bonds. The summed E-state index contributed by atoms with van der Waals surface area (Å²) in [5.74, 6) is -0.943. The van der Waals surface area contributed by atoms with Gasteiger partial charge < -0.3 is 10.4 Å². The number of aliphatic carboxylic acids is 1. The smallest absolute Gasteiger partial charge is 0.325 e. The molecule has 1 heterocycles. The lowest BCUT2D eigenvalue weighted by molar-refractivity contribution is -0.137. The lowest BCUT2D eigenvalue weighted by Gasteiger charge is -2.11. The average molecular weight is 280 g/mol. The minimum absolute atomic E-state index is 0.251. The molecule has 0 aliphatic carbocycles. The topological polar surface area (TPSA) is 62.2 Å². The van der Waals surface area contributed by atoms with Crippen LogP contribution in [0.1, 0.15) is 6.92 Å². The first kappa shape index (κ1) is 11.3. The Labute approximate surface area is 94.4 Å². The normalized spacial score (nSPS) is 12.2. The van der Waals surface area contributed by atoms with E-state index >= 15 is 0 Å². The highest BCUT2D eigenvalue weighted by Crippen LogP contribution is 2.23.